The van der Waals surface area contributed by atoms with Gasteiger partial charge in [-0.1, -0.05) is 82.8 Å². The summed E-state index contributed by atoms with van der Waals surface area (Å²) in [5, 5.41) is 3.53. The Kier molecular flexibility index (Phi) is 9.58. The number of nitrogens with zero attached hydrogens (tertiary/aromatic N) is 1. The molecule has 3 aromatic rings. The van der Waals surface area contributed by atoms with Gasteiger partial charge in [0.05, 0.1) is 5.02 Å². The van der Waals surface area contributed by atoms with Crippen LogP contribution >= 0.6 is 27.5 Å². The molecule has 3 aromatic carbocycles. The molecule has 1 aliphatic rings. The molecule has 37 heavy (non-hydrogen) atoms. The van der Waals surface area contributed by atoms with Crippen LogP contribution in [0.3, 0.4) is 0 Å². The van der Waals surface area contributed by atoms with Gasteiger partial charge in [0.25, 0.3) is 5.91 Å². The molecule has 0 heterocycles. The van der Waals surface area contributed by atoms with E-state index in [2.05, 4.69) is 21.2 Å². The summed E-state index contributed by atoms with van der Waals surface area (Å²) >= 11 is 9.63. The van der Waals surface area contributed by atoms with E-state index in [1.54, 1.807) is 30.3 Å². The van der Waals surface area contributed by atoms with Crippen molar-refractivity contribution in [1.29, 1.82) is 0 Å². The van der Waals surface area contributed by atoms with Crippen molar-refractivity contribution in [3.8, 4) is 5.75 Å². The maximum absolute atomic E-state index is 13.6. The van der Waals surface area contributed by atoms with Crippen molar-refractivity contribution in [1.82, 2.24) is 10.2 Å². The molecular formula is C29H29BrClFN2O3. The molecule has 2 amide bonds. The molecule has 0 aromatic heterocycles. The molecule has 1 aliphatic carbocycles. The molecule has 0 unspecified atom stereocenters. The topological polar surface area (TPSA) is 58.6 Å². The normalized spacial score (nSPS) is 14.2. The second kappa shape index (κ2) is 13.1. The minimum atomic E-state index is -0.774. The van der Waals surface area contributed by atoms with Crippen LogP contribution in [-0.2, 0) is 22.6 Å². The third kappa shape index (κ3) is 7.79. The number of hydrogen-bond acceptors (Lipinski definition) is 3. The highest BCUT2D eigenvalue weighted by atomic mass is 79.9. The first kappa shape index (κ1) is 27.1. The average Bonchev–Trinajstić information content (AvgIpc) is 3.40. The van der Waals surface area contributed by atoms with Crippen LogP contribution in [0.2, 0.25) is 5.02 Å². The summed E-state index contributed by atoms with van der Waals surface area (Å²) in [7, 11) is 0. The fourth-order valence-corrected chi connectivity index (χ4v) is 5.25. The standard InChI is InChI=1S/C29H29BrClFN2O3/c30-22-12-15-27(25(31)17-22)37-19-28(35)34(18-21-10-13-23(32)14-11-21)26(16-20-6-2-1-3-7-20)29(36)33-24-8-4-5-9-24/h1-3,6-7,10-15,17,24,26H,4-5,8-9,16,18-19H2,(H,33,36)/t26-/m0/s1. The van der Waals surface area contributed by atoms with Crippen LogP contribution in [-0.4, -0.2) is 35.4 Å². The molecule has 0 spiro atoms. The van der Waals surface area contributed by atoms with Crippen LogP contribution in [0.1, 0.15) is 36.8 Å². The summed E-state index contributed by atoms with van der Waals surface area (Å²) in [5.41, 5.74) is 1.64. The van der Waals surface area contributed by atoms with Crippen LogP contribution in [0.5, 0.6) is 5.75 Å². The Morgan fingerprint density at radius 1 is 1.03 bits per heavy atom. The highest BCUT2D eigenvalue weighted by Gasteiger charge is 2.32. The zero-order valence-electron chi connectivity index (χ0n) is 20.3. The summed E-state index contributed by atoms with van der Waals surface area (Å²) < 4.78 is 20.1. The number of halogens is 3. The van der Waals surface area contributed by atoms with Crippen molar-refractivity contribution in [3.63, 3.8) is 0 Å². The number of carbonyl (C=O) groups excluding carboxylic acids is 2. The van der Waals surface area contributed by atoms with Crippen molar-refractivity contribution >= 4 is 39.3 Å². The van der Waals surface area contributed by atoms with Gasteiger partial charge in [0.15, 0.2) is 6.61 Å². The van der Waals surface area contributed by atoms with Crippen LogP contribution in [0, 0.1) is 5.82 Å². The summed E-state index contributed by atoms with van der Waals surface area (Å²) in [6.07, 6.45) is 4.36. The highest BCUT2D eigenvalue weighted by molar-refractivity contribution is 9.10. The lowest BCUT2D eigenvalue weighted by Gasteiger charge is -2.32. The molecule has 1 saturated carbocycles. The van der Waals surface area contributed by atoms with Crippen molar-refractivity contribution < 1.29 is 18.7 Å². The molecule has 4 rings (SSSR count). The second-order valence-corrected chi connectivity index (χ2v) is 10.5. The summed E-state index contributed by atoms with van der Waals surface area (Å²) in [5.74, 6) is -0.566. The zero-order chi connectivity index (χ0) is 26.2. The summed E-state index contributed by atoms with van der Waals surface area (Å²) in [6, 6.07) is 20.0. The second-order valence-electron chi connectivity index (χ2n) is 9.21. The summed E-state index contributed by atoms with van der Waals surface area (Å²) in [6.45, 7) is -0.170. The monoisotopic (exact) mass is 586 g/mol. The maximum Gasteiger partial charge on any atom is 0.261 e. The van der Waals surface area contributed by atoms with E-state index < -0.39 is 6.04 Å². The van der Waals surface area contributed by atoms with E-state index in [1.807, 2.05) is 30.3 Å². The number of rotatable bonds is 10. The van der Waals surface area contributed by atoms with Gasteiger partial charge in [-0.05, 0) is 54.3 Å². The average molecular weight is 588 g/mol. The first-order chi connectivity index (χ1) is 17.9. The van der Waals surface area contributed by atoms with E-state index >= 15 is 0 Å². The van der Waals surface area contributed by atoms with E-state index in [0.717, 1.165) is 35.7 Å². The molecule has 0 radical (unpaired) electrons. The van der Waals surface area contributed by atoms with Crippen LogP contribution in [0.15, 0.2) is 77.3 Å². The van der Waals surface area contributed by atoms with Gasteiger partial charge in [-0.15, -0.1) is 0 Å². The predicted octanol–water partition coefficient (Wildman–Crippen LogP) is 6.32. The Morgan fingerprint density at radius 2 is 1.73 bits per heavy atom. The molecule has 0 saturated heterocycles. The Hall–Kier alpha value is -2.90. The van der Waals surface area contributed by atoms with E-state index in [-0.39, 0.29) is 36.8 Å². The molecule has 0 bridgehead atoms. The van der Waals surface area contributed by atoms with Gasteiger partial charge in [0, 0.05) is 23.5 Å². The van der Waals surface area contributed by atoms with Gasteiger partial charge in [-0.2, -0.15) is 0 Å². The third-order valence-corrected chi connectivity index (χ3v) is 7.27. The molecule has 1 fully saturated rings. The number of amides is 2. The van der Waals surface area contributed by atoms with Crippen LogP contribution in [0.4, 0.5) is 4.39 Å². The maximum atomic E-state index is 13.6. The number of hydrogen-bond donors (Lipinski definition) is 1. The number of nitrogens with one attached hydrogen (secondary N) is 1. The third-order valence-electron chi connectivity index (χ3n) is 6.48. The molecule has 0 aliphatic heterocycles. The van der Waals surface area contributed by atoms with Crippen molar-refractivity contribution in [3.05, 3.63) is 99.2 Å². The van der Waals surface area contributed by atoms with Crippen molar-refractivity contribution in [2.45, 2.75) is 50.7 Å². The Balaban J connectivity index is 1.61. The quantitative estimate of drug-likeness (QED) is 0.302. The molecular weight excluding hydrogens is 559 g/mol. The lowest BCUT2D eigenvalue weighted by atomic mass is 10.0. The van der Waals surface area contributed by atoms with E-state index in [4.69, 9.17) is 16.3 Å². The summed E-state index contributed by atoms with van der Waals surface area (Å²) in [4.78, 5) is 28.8. The fraction of sp³-hybridized carbons (Fsp3) is 0.310. The van der Waals surface area contributed by atoms with Gasteiger partial charge < -0.3 is 15.0 Å². The molecule has 5 nitrogen and oxygen atoms in total. The van der Waals surface area contributed by atoms with Gasteiger partial charge in [0.1, 0.15) is 17.6 Å². The van der Waals surface area contributed by atoms with Gasteiger partial charge in [0.2, 0.25) is 5.91 Å². The highest BCUT2D eigenvalue weighted by Crippen LogP contribution is 2.28. The Morgan fingerprint density at radius 3 is 2.41 bits per heavy atom. The predicted molar refractivity (Wildman–Crippen MR) is 146 cm³/mol. The first-order valence-electron chi connectivity index (χ1n) is 12.3. The number of benzene rings is 3. The van der Waals surface area contributed by atoms with Gasteiger partial charge in [-0.25, -0.2) is 4.39 Å². The lowest BCUT2D eigenvalue weighted by molar-refractivity contribution is -0.143. The smallest absolute Gasteiger partial charge is 0.261 e. The van der Waals surface area contributed by atoms with Gasteiger partial charge >= 0.3 is 0 Å². The molecule has 8 heteroatoms. The minimum absolute atomic E-state index is 0.103. The minimum Gasteiger partial charge on any atom is -0.482 e. The van der Waals surface area contributed by atoms with E-state index in [1.165, 1.54) is 17.0 Å². The van der Waals surface area contributed by atoms with E-state index in [0.29, 0.717) is 22.8 Å². The van der Waals surface area contributed by atoms with Crippen LogP contribution in [0.25, 0.3) is 0 Å². The van der Waals surface area contributed by atoms with Crippen molar-refractivity contribution in [2.75, 3.05) is 6.61 Å². The Labute approximate surface area is 230 Å². The fourth-order valence-electron chi connectivity index (χ4n) is 4.52. The molecule has 1 N–H and O–H groups in total. The van der Waals surface area contributed by atoms with E-state index in [9.17, 15) is 14.0 Å². The largest absolute Gasteiger partial charge is 0.482 e. The SMILES string of the molecule is O=C(NC1CCCC1)[C@H](Cc1ccccc1)N(Cc1ccc(F)cc1)C(=O)COc1ccc(Br)cc1Cl. The lowest BCUT2D eigenvalue weighted by Crippen LogP contribution is -2.53. The van der Waals surface area contributed by atoms with Gasteiger partial charge in [-0.3, -0.25) is 9.59 Å². The Bertz CT molecular complexity index is 1200. The number of carbonyl (C=O) groups is 2. The van der Waals surface area contributed by atoms with Crippen molar-refractivity contribution in [2.24, 2.45) is 0 Å². The molecule has 194 valence electrons. The van der Waals surface area contributed by atoms with Crippen LogP contribution < -0.4 is 10.1 Å². The molecule has 1 atom stereocenters. The first-order valence-corrected chi connectivity index (χ1v) is 13.5. The number of ether oxygens (including phenoxy) is 1. The zero-order valence-corrected chi connectivity index (χ0v) is 22.7.